The van der Waals surface area contributed by atoms with Crippen molar-refractivity contribution in [3.8, 4) is 5.75 Å². The van der Waals surface area contributed by atoms with Gasteiger partial charge in [0.2, 0.25) is 5.91 Å². The van der Waals surface area contributed by atoms with Crippen molar-refractivity contribution in [1.29, 1.82) is 0 Å². The summed E-state index contributed by atoms with van der Waals surface area (Å²) in [6.07, 6.45) is 0. The predicted octanol–water partition coefficient (Wildman–Crippen LogP) is 4.30. The van der Waals surface area contributed by atoms with Gasteiger partial charge in [0, 0.05) is 22.9 Å². The predicted molar refractivity (Wildman–Crippen MR) is 117 cm³/mol. The second-order valence-corrected chi connectivity index (χ2v) is 7.45. The topological polar surface area (TPSA) is 81.1 Å². The van der Waals surface area contributed by atoms with Crippen LogP contribution in [0.3, 0.4) is 0 Å². The molecule has 1 aromatic heterocycles. The number of rotatable bonds is 9. The molecule has 0 atom stereocenters. The molecule has 1 heterocycles. The summed E-state index contributed by atoms with van der Waals surface area (Å²) in [4.78, 5) is 12.2. The Balaban J connectivity index is 1.55. The highest BCUT2D eigenvalue weighted by Gasteiger charge is 2.13. The monoisotopic (exact) mass is 431 g/mol. The lowest BCUT2D eigenvalue weighted by Crippen LogP contribution is -2.15. The molecular formula is C20H22ClN5O2S. The number of halogens is 1. The van der Waals surface area contributed by atoms with E-state index in [4.69, 9.17) is 16.3 Å². The number of nitrogens with one attached hydrogen (secondary N) is 2. The lowest BCUT2D eigenvalue weighted by molar-refractivity contribution is -0.113. The van der Waals surface area contributed by atoms with Gasteiger partial charge in [0.1, 0.15) is 5.75 Å². The number of carbonyl (C=O) groups is 1. The van der Waals surface area contributed by atoms with Gasteiger partial charge in [0.25, 0.3) is 0 Å². The smallest absolute Gasteiger partial charge is 0.234 e. The van der Waals surface area contributed by atoms with Gasteiger partial charge >= 0.3 is 0 Å². The molecule has 3 rings (SSSR count). The third kappa shape index (κ3) is 5.88. The first-order valence-corrected chi connectivity index (χ1v) is 10.4. The Kier molecular flexibility index (Phi) is 7.37. The molecule has 9 heteroatoms. The first-order valence-electron chi connectivity index (χ1n) is 9.07. The van der Waals surface area contributed by atoms with Gasteiger partial charge < -0.3 is 19.9 Å². The fourth-order valence-corrected chi connectivity index (χ4v) is 3.57. The zero-order valence-corrected chi connectivity index (χ0v) is 17.8. The minimum absolute atomic E-state index is 0.110. The van der Waals surface area contributed by atoms with E-state index in [1.807, 2.05) is 35.8 Å². The Bertz CT molecular complexity index is 945. The number of hydrogen-bond acceptors (Lipinski definition) is 6. The summed E-state index contributed by atoms with van der Waals surface area (Å²) in [6, 6.07) is 14.7. The van der Waals surface area contributed by atoms with Crippen molar-refractivity contribution in [1.82, 2.24) is 14.8 Å². The highest BCUT2D eigenvalue weighted by atomic mass is 35.5. The number of methoxy groups -OCH3 is 1. The van der Waals surface area contributed by atoms with Crippen LogP contribution in [0.4, 0.5) is 11.4 Å². The fourth-order valence-electron chi connectivity index (χ4n) is 2.62. The first kappa shape index (κ1) is 21.0. The number of ether oxygens (including phenoxy) is 1. The molecule has 29 heavy (non-hydrogen) atoms. The molecule has 3 aromatic rings. The third-order valence-electron chi connectivity index (χ3n) is 4.11. The summed E-state index contributed by atoms with van der Waals surface area (Å²) >= 11 is 7.21. The number of nitrogens with zero attached hydrogens (tertiary/aromatic N) is 3. The number of thioether (sulfide) groups is 1. The molecule has 0 spiro atoms. The van der Waals surface area contributed by atoms with Crippen molar-refractivity contribution in [3.63, 3.8) is 0 Å². The van der Waals surface area contributed by atoms with Gasteiger partial charge in [-0.15, -0.1) is 10.2 Å². The van der Waals surface area contributed by atoms with Crippen LogP contribution in [-0.4, -0.2) is 33.5 Å². The quantitative estimate of drug-likeness (QED) is 0.491. The highest BCUT2D eigenvalue weighted by Crippen LogP contribution is 2.20. The van der Waals surface area contributed by atoms with Gasteiger partial charge in [-0.1, -0.05) is 23.4 Å². The molecule has 152 valence electrons. The molecule has 0 fully saturated rings. The molecule has 0 radical (unpaired) electrons. The molecule has 1 amide bonds. The number of amides is 1. The molecule has 0 aliphatic heterocycles. The second kappa shape index (κ2) is 10.2. The molecule has 2 aromatic carbocycles. The van der Waals surface area contributed by atoms with Crippen LogP contribution in [0, 0.1) is 0 Å². The maximum atomic E-state index is 12.2. The van der Waals surface area contributed by atoms with E-state index in [1.165, 1.54) is 11.8 Å². The van der Waals surface area contributed by atoms with Crippen molar-refractivity contribution in [2.45, 2.75) is 25.2 Å². The average molecular weight is 432 g/mol. The van der Waals surface area contributed by atoms with E-state index >= 15 is 0 Å². The summed E-state index contributed by atoms with van der Waals surface area (Å²) in [7, 11) is 1.64. The van der Waals surface area contributed by atoms with Crippen LogP contribution in [0.1, 0.15) is 12.7 Å². The van der Waals surface area contributed by atoms with E-state index < -0.39 is 0 Å². The van der Waals surface area contributed by atoms with Crippen LogP contribution in [0.15, 0.2) is 53.7 Å². The summed E-state index contributed by atoms with van der Waals surface area (Å²) in [5, 5.41) is 16.0. The largest absolute Gasteiger partial charge is 0.497 e. The number of benzene rings is 2. The van der Waals surface area contributed by atoms with Crippen LogP contribution >= 0.6 is 23.4 Å². The van der Waals surface area contributed by atoms with Crippen molar-refractivity contribution in [2.24, 2.45) is 0 Å². The number of hydrogen-bond donors (Lipinski definition) is 2. The summed E-state index contributed by atoms with van der Waals surface area (Å²) in [6.45, 7) is 3.27. The maximum Gasteiger partial charge on any atom is 0.234 e. The Labute approximate surface area is 178 Å². The first-order chi connectivity index (χ1) is 14.1. The van der Waals surface area contributed by atoms with Crippen LogP contribution in [-0.2, 0) is 17.9 Å². The van der Waals surface area contributed by atoms with E-state index in [9.17, 15) is 4.79 Å². The SMILES string of the molecule is CCn1c(CNc2ccc(OC)cc2)nnc1SCC(=O)Nc1ccc(Cl)cc1. The van der Waals surface area contributed by atoms with Gasteiger partial charge in [0.15, 0.2) is 11.0 Å². The van der Waals surface area contributed by atoms with E-state index in [0.717, 1.165) is 17.3 Å². The summed E-state index contributed by atoms with van der Waals surface area (Å²) < 4.78 is 7.16. The Morgan fingerprint density at radius 2 is 1.79 bits per heavy atom. The Morgan fingerprint density at radius 3 is 2.45 bits per heavy atom. The highest BCUT2D eigenvalue weighted by molar-refractivity contribution is 7.99. The number of anilines is 2. The van der Waals surface area contributed by atoms with E-state index in [2.05, 4.69) is 20.8 Å². The van der Waals surface area contributed by atoms with E-state index in [0.29, 0.717) is 29.0 Å². The minimum atomic E-state index is -0.110. The number of aromatic nitrogens is 3. The minimum Gasteiger partial charge on any atom is -0.497 e. The number of carbonyl (C=O) groups excluding carboxylic acids is 1. The van der Waals surface area contributed by atoms with Crippen LogP contribution in [0.25, 0.3) is 0 Å². The summed E-state index contributed by atoms with van der Waals surface area (Å²) in [5.74, 6) is 1.75. The zero-order valence-electron chi connectivity index (χ0n) is 16.2. The molecule has 0 unspecified atom stereocenters. The van der Waals surface area contributed by atoms with Gasteiger partial charge in [-0.05, 0) is 55.5 Å². The Hall–Kier alpha value is -2.71. The molecular weight excluding hydrogens is 410 g/mol. The van der Waals surface area contributed by atoms with Crippen molar-refractivity contribution in [3.05, 3.63) is 59.4 Å². The lowest BCUT2D eigenvalue weighted by Gasteiger charge is -2.10. The van der Waals surface area contributed by atoms with Crippen molar-refractivity contribution < 1.29 is 9.53 Å². The molecule has 0 saturated heterocycles. The van der Waals surface area contributed by atoms with Gasteiger partial charge in [0.05, 0.1) is 19.4 Å². The van der Waals surface area contributed by atoms with Crippen LogP contribution in [0.5, 0.6) is 5.75 Å². The molecule has 0 saturated carbocycles. The van der Waals surface area contributed by atoms with E-state index in [-0.39, 0.29) is 11.7 Å². The van der Waals surface area contributed by atoms with Crippen molar-refractivity contribution in [2.75, 3.05) is 23.5 Å². The third-order valence-corrected chi connectivity index (χ3v) is 5.33. The van der Waals surface area contributed by atoms with Gasteiger partial charge in [-0.3, -0.25) is 4.79 Å². The second-order valence-electron chi connectivity index (χ2n) is 6.07. The van der Waals surface area contributed by atoms with Crippen LogP contribution in [0.2, 0.25) is 5.02 Å². The maximum absolute atomic E-state index is 12.2. The molecule has 0 aliphatic carbocycles. The molecule has 0 aliphatic rings. The molecule has 2 N–H and O–H groups in total. The summed E-state index contributed by atoms with van der Waals surface area (Å²) in [5.41, 5.74) is 1.68. The van der Waals surface area contributed by atoms with Crippen LogP contribution < -0.4 is 15.4 Å². The van der Waals surface area contributed by atoms with Crippen molar-refractivity contribution >= 4 is 40.6 Å². The fraction of sp³-hybridized carbons (Fsp3) is 0.250. The normalized spacial score (nSPS) is 10.6. The molecule has 0 bridgehead atoms. The molecule has 7 nitrogen and oxygen atoms in total. The standard InChI is InChI=1S/C20H22ClN5O2S/c1-3-26-18(12-22-15-8-10-17(28-2)11-9-15)24-25-20(26)29-13-19(27)23-16-6-4-14(21)5-7-16/h4-11,22H,3,12-13H2,1-2H3,(H,23,27). The zero-order chi connectivity index (χ0) is 20.6. The average Bonchev–Trinajstić information content (AvgIpc) is 3.14. The van der Waals surface area contributed by atoms with Gasteiger partial charge in [-0.2, -0.15) is 0 Å². The lowest BCUT2D eigenvalue weighted by atomic mass is 10.3. The van der Waals surface area contributed by atoms with Gasteiger partial charge in [-0.25, -0.2) is 0 Å². The Morgan fingerprint density at radius 1 is 1.10 bits per heavy atom. The van der Waals surface area contributed by atoms with E-state index in [1.54, 1.807) is 31.4 Å².